The first-order valence-electron chi connectivity index (χ1n) is 11.1. The zero-order valence-corrected chi connectivity index (χ0v) is 22.5. The van der Waals surface area contributed by atoms with Crippen molar-refractivity contribution in [3.8, 4) is 6.07 Å². The number of hydrogen-bond donors (Lipinski definition) is 0. The summed E-state index contributed by atoms with van der Waals surface area (Å²) in [5, 5.41) is 11.2. The van der Waals surface area contributed by atoms with Gasteiger partial charge in [-0.15, -0.1) is 11.3 Å². The molecule has 1 aliphatic heterocycles. The van der Waals surface area contributed by atoms with Crippen molar-refractivity contribution in [1.29, 1.82) is 5.26 Å². The van der Waals surface area contributed by atoms with Gasteiger partial charge in [0.05, 0.1) is 10.5 Å². The first kappa shape index (κ1) is 25.9. The minimum atomic E-state index is -3.28. The van der Waals surface area contributed by atoms with Gasteiger partial charge in [0.2, 0.25) is 0 Å². The summed E-state index contributed by atoms with van der Waals surface area (Å²) in [5.41, 5.74) is 3.29. The van der Waals surface area contributed by atoms with Crippen molar-refractivity contribution in [3.63, 3.8) is 0 Å². The first-order valence-corrected chi connectivity index (χ1v) is 14.5. The van der Waals surface area contributed by atoms with Crippen LogP contribution in [0.5, 0.6) is 0 Å². The number of ketones is 1. The highest BCUT2D eigenvalue weighted by molar-refractivity contribution is 7.90. The summed E-state index contributed by atoms with van der Waals surface area (Å²) in [6, 6.07) is 14.4. The van der Waals surface area contributed by atoms with E-state index in [0.29, 0.717) is 28.7 Å². The van der Waals surface area contributed by atoms with Crippen LogP contribution in [0.3, 0.4) is 0 Å². The Morgan fingerprint density at radius 2 is 1.89 bits per heavy atom. The maximum atomic E-state index is 12.8. The number of rotatable bonds is 7. The molecule has 1 atom stereocenters. The van der Waals surface area contributed by atoms with Gasteiger partial charge < -0.3 is 0 Å². The maximum absolute atomic E-state index is 12.8. The van der Waals surface area contributed by atoms with Crippen LogP contribution >= 0.6 is 34.5 Å². The molecule has 0 fully saturated rings. The van der Waals surface area contributed by atoms with Crippen molar-refractivity contribution in [3.05, 3.63) is 84.5 Å². The summed E-state index contributed by atoms with van der Waals surface area (Å²) < 4.78 is 23.3. The van der Waals surface area contributed by atoms with Gasteiger partial charge in [0.1, 0.15) is 11.9 Å². The van der Waals surface area contributed by atoms with E-state index in [-0.39, 0.29) is 29.6 Å². The second kappa shape index (κ2) is 10.4. The molecule has 0 spiro atoms. The van der Waals surface area contributed by atoms with Crippen molar-refractivity contribution >= 4 is 50.2 Å². The molecule has 2 heterocycles. The quantitative estimate of drug-likeness (QED) is 0.383. The smallest absolute Gasteiger partial charge is 0.175 e. The standard InChI is InChI=1S/C26H24Cl2N2O3S2/c1-16-9-25-23(15-30(16)14-18-11-19(27)5-8-24(18)28)22(13-29)26(34-25)12-20(31)10-17-3-6-21(7-4-17)35(2,32)33/h3-8,11,16H,9-10,12,14-15H2,1-2H3. The Morgan fingerprint density at radius 3 is 2.54 bits per heavy atom. The number of nitrogens with zero attached hydrogens (tertiary/aromatic N) is 2. The van der Waals surface area contributed by atoms with E-state index in [4.69, 9.17) is 23.2 Å². The Hall–Kier alpha value is -2.21. The van der Waals surface area contributed by atoms with E-state index >= 15 is 0 Å². The van der Waals surface area contributed by atoms with E-state index in [2.05, 4.69) is 17.9 Å². The molecule has 182 valence electrons. The Kier molecular flexibility index (Phi) is 7.70. The number of hydrogen-bond acceptors (Lipinski definition) is 6. The number of Topliss-reactive ketones (excluding diaryl/α,β-unsaturated/α-hetero) is 1. The van der Waals surface area contributed by atoms with E-state index in [1.807, 2.05) is 6.07 Å². The Bertz CT molecular complexity index is 1420. The third-order valence-electron chi connectivity index (χ3n) is 6.23. The van der Waals surface area contributed by atoms with Gasteiger partial charge in [-0.3, -0.25) is 9.69 Å². The molecule has 0 radical (unpaired) electrons. The number of sulfone groups is 1. The average molecular weight is 548 g/mol. The van der Waals surface area contributed by atoms with Gasteiger partial charge in [-0.25, -0.2) is 8.42 Å². The summed E-state index contributed by atoms with van der Waals surface area (Å²) in [4.78, 5) is 17.3. The molecular weight excluding hydrogens is 523 g/mol. The molecule has 0 saturated heterocycles. The number of halogens is 2. The van der Waals surface area contributed by atoms with Gasteiger partial charge in [0.15, 0.2) is 9.84 Å². The van der Waals surface area contributed by atoms with Crippen LogP contribution in [0, 0.1) is 11.3 Å². The lowest BCUT2D eigenvalue weighted by Crippen LogP contribution is -2.37. The largest absolute Gasteiger partial charge is 0.299 e. The van der Waals surface area contributed by atoms with Crippen LogP contribution in [0.4, 0.5) is 0 Å². The molecule has 0 amide bonds. The van der Waals surface area contributed by atoms with Gasteiger partial charge in [-0.2, -0.15) is 5.26 Å². The monoisotopic (exact) mass is 546 g/mol. The molecular formula is C26H24Cl2N2O3S2. The molecule has 2 aromatic carbocycles. The molecule has 5 nitrogen and oxygen atoms in total. The third-order valence-corrected chi connectivity index (χ3v) is 9.22. The molecule has 1 unspecified atom stereocenters. The van der Waals surface area contributed by atoms with Crippen molar-refractivity contribution in [2.24, 2.45) is 0 Å². The second-order valence-corrected chi connectivity index (χ2v) is 13.0. The maximum Gasteiger partial charge on any atom is 0.175 e. The fourth-order valence-corrected chi connectivity index (χ4v) is 6.75. The van der Waals surface area contributed by atoms with Gasteiger partial charge >= 0.3 is 0 Å². The molecule has 0 aliphatic carbocycles. The van der Waals surface area contributed by atoms with E-state index in [1.54, 1.807) is 35.6 Å². The van der Waals surface area contributed by atoms with Crippen LogP contribution in [0.1, 0.15) is 38.9 Å². The van der Waals surface area contributed by atoms with Gasteiger partial charge in [-0.05, 0) is 60.4 Å². The second-order valence-electron chi connectivity index (χ2n) is 8.92. The summed E-state index contributed by atoms with van der Waals surface area (Å²) in [5.74, 6) is -0.0113. The van der Waals surface area contributed by atoms with Crippen LogP contribution in [0.25, 0.3) is 0 Å². The van der Waals surface area contributed by atoms with Crippen molar-refractivity contribution in [2.75, 3.05) is 6.26 Å². The lowest BCUT2D eigenvalue weighted by molar-refractivity contribution is -0.117. The highest BCUT2D eigenvalue weighted by Crippen LogP contribution is 2.36. The number of benzene rings is 2. The topological polar surface area (TPSA) is 78.2 Å². The predicted octanol–water partition coefficient (Wildman–Crippen LogP) is 5.63. The van der Waals surface area contributed by atoms with Crippen molar-refractivity contribution in [1.82, 2.24) is 4.90 Å². The third kappa shape index (κ3) is 5.96. The lowest BCUT2D eigenvalue weighted by atomic mass is 9.97. The van der Waals surface area contributed by atoms with Crippen LogP contribution in [-0.4, -0.2) is 31.4 Å². The van der Waals surface area contributed by atoms with Crippen LogP contribution < -0.4 is 0 Å². The minimum absolute atomic E-state index is 0.0113. The lowest BCUT2D eigenvalue weighted by Gasteiger charge is -2.33. The Morgan fingerprint density at radius 1 is 1.17 bits per heavy atom. The first-order chi connectivity index (χ1) is 16.5. The Balaban J connectivity index is 1.50. The summed E-state index contributed by atoms with van der Waals surface area (Å²) in [6.07, 6.45) is 2.32. The highest BCUT2D eigenvalue weighted by Gasteiger charge is 2.29. The van der Waals surface area contributed by atoms with E-state index in [9.17, 15) is 18.5 Å². The molecule has 0 N–H and O–H groups in total. The molecule has 0 bridgehead atoms. The van der Waals surface area contributed by atoms with Crippen molar-refractivity contribution in [2.45, 2.75) is 50.2 Å². The number of thiophene rings is 1. The summed E-state index contributed by atoms with van der Waals surface area (Å²) in [6.45, 7) is 3.39. The van der Waals surface area contributed by atoms with Crippen LogP contribution in [0.2, 0.25) is 10.0 Å². The zero-order chi connectivity index (χ0) is 25.3. The SMILES string of the molecule is CC1Cc2sc(CC(=O)Cc3ccc(S(C)(=O)=O)cc3)c(C#N)c2CN1Cc1cc(Cl)ccc1Cl. The molecule has 0 saturated carbocycles. The van der Waals surface area contributed by atoms with Crippen molar-refractivity contribution < 1.29 is 13.2 Å². The summed E-state index contributed by atoms with van der Waals surface area (Å²) in [7, 11) is -3.28. The summed E-state index contributed by atoms with van der Waals surface area (Å²) >= 11 is 14.1. The zero-order valence-electron chi connectivity index (χ0n) is 19.3. The van der Waals surface area contributed by atoms with Gasteiger partial charge in [0.25, 0.3) is 0 Å². The fourth-order valence-electron chi connectivity index (χ4n) is 4.33. The fraction of sp³-hybridized carbons (Fsp3) is 0.308. The highest BCUT2D eigenvalue weighted by atomic mass is 35.5. The minimum Gasteiger partial charge on any atom is -0.299 e. The normalized spacial score (nSPS) is 16.0. The van der Waals surface area contributed by atoms with Gasteiger partial charge in [-0.1, -0.05) is 35.3 Å². The number of fused-ring (bicyclic) bond motifs is 1. The number of carbonyl (C=O) groups is 1. The predicted molar refractivity (Wildman–Crippen MR) is 140 cm³/mol. The van der Waals surface area contributed by atoms with E-state index in [1.165, 1.54) is 12.1 Å². The molecule has 1 aromatic heterocycles. The van der Waals surface area contributed by atoms with Gasteiger partial charge in [0, 0.05) is 58.0 Å². The number of carbonyl (C=O) groups excluding carboxylic acids is 1. The molecule has 9 heteroatoms. The van der Waals surface area contributed by atoms with E-state index < -0.39 is 9.84 Å². The van der Waals surface area contributed by atoms with E-state index in [0.717, 1.165) is 39.1 Å². The molecule has 3 aromatic rings. The Labute approximate surface area is 219 Å². The van der Waals surface area contributed by atoms with Crippen LogP contribution in [0.15, 0.2) is 47.4 Å². The van der Waals surface area contributed by atoms with Crippen LogP contribution in [-0.2, 0) is 47.0 Å². The molecule has 35 heavy (non-hydrogen) atoms. The average Bonchev–Trinajstić information content (AvgIpc) is 3.11. The molecule has 1 aliphatic rings. The number of nitriles is 1. The molecule has 4 rings (SSSR count).